The molecule has 0 amide bonds. The van der Waals surface area contributed by atoms with E-state index in [4.69, 9.17) is 0 Å². The molecule has 0 atom stereocenters. The molecule has 0 fully saturated rings. The zero-order valence-electron chi connectivity index (χ0n) is 7.20. The summed E-state index contributed by atoms with van der Waals surface area (Å²) in [5, 5.41) is 10.1. The van der Waals surface area contributed by atoms with Crippen LogP contribution in [0.5, 0.6) is 0 Å². The summed E-state index contributed by atoms with van der Waals surface area (Å²) in [4.78, 5) is 14.0. The second kappa shape index (κ2) is 5.30. The number of carboxylic acids is 1. The second-order valence-corrected chi connectivity index (χ2v) is 2.37. The van der Waals surface area contributed by atoms with Crippen molar-refractivity contribution in [2.24, 2.45) is 0 Å². The summed E-state index contributed by atoms with van der Waals surface area (Å²) in [6, 6.07) is 3.55. The van der Waals surface area contributed by atoms with Crippen molar-refractivity contribution in [3.8, 4) is 0 Å². The molecule has 58 valence electrons. The number of hydrogen-bond donors (Lipinski definition) is 0. The van der Waals surface area contributed by atoms with Crippen molar-refractivity contribution in [3.05, 3.63) is 29.6 Å². The Balaban J connectivity index is 0.00000121. The number of aromatic nitrogens is 1. The molecule has 1 aromatic heterocycles. The SMILES string of the molecule is Cc1ccnc(CC(=O)[O-])c1.[Na+]. The number of aryl methyl sites for hydroxylation is 1. The number of carboxylic acid groups (broad SMARTS) is 1. The molecule has 0 unspecified atom stereocenters. The van der Waals surface area contributed by atoms with Crippen molar-refractivity contribution in [3.63, 3.8) is 0 Å². The van der Waals surface area contributed by atoms with Crippen LogP contribution in [0.2, 0.25) is 0 Å². The molecule has 0 aliphatic carbocycles. The molecule has 0 bridgehead atoms. The van der Waals surface area contributed by atoms with Gasteiger partial charge in [0, 0.05) is 24.3 Å². The number of pyridine rings is 1. The van der Waals surface area contributed by atoms with Gasteiger partial charge in [0.1, 0.15) is 0 Å². The summed E-state index contributed by atoms with van der Waals surface area (Å²) in [6.07, 6.45) is 1.48. The first-order valence-electron chi connectivity index (χ1n) is 3.30. The van der Waals surface area contributed by atoms with Crippen LogP contribution in [0.1, 0.15) is 11.3 Å². The standard InChI is InChI=1S/C8H9NO2.Na/c1-6-2-3-9-7(4-6)5-8(10)11;/h2-4H,5H2,1H3,(H,10,11);/q;+1/p-1. The minimum Gasteiger partial charge on any atom is -0.550 e. The first kappa shape index (κ1) is 11.6. The van der Waals surface area contributed by atoms with Gasteiger partial charge in [-0.15, -0.1) is 0 Å². The molecule has 0 saturated carbocycles. The van der Waals surface area contributed by atoms with E-state index in [1.807, 2.05) is 13.0 Å². The predicted molar refractivity (Wildman–Crippen MR) is 37.7 cm³/mol. The van der Waals surface area contributed by atoms with Gasteiger partial charge in [-0.1, -0.05) is 0 Å². The van der Waals surface area contributed by atoms with E-state index in [1.165, 1.54) is 0 Å². The summed E-state index contributed by atoms with van der Waals surface area (Å²) in [7, 11) is 0. The number of carbonyl (C=O) groups excluding carboxylic acids is 1. The van der Waals surface area contributed by atoms with Gasteiger partial charge >= 0.3 is 29.6 Å². The molecule has 3 nitrogen and oxygen atoms in total. The smallest absolute Gasteiger partial charge is 0.550 e. The fraction of sp³-hybridized carbons (Fsp3) is 0.250. The van der Waals surface area contributed by atoms with Gasteiger partial charge in [0.15, 0.2) is 0 Å². The van der Waals surface area contributed by atoms with E-state index < -0.39 is 5.97 Å². The third-order valence-electron chi connectivity index (χ3n) is 1.30. The van der Waals surface area contributed by atoms with Crippen molar-refractivity contribution in [2.75, 3.05) is 0 Å². The average molecular weight is 173 g/mol. The fourth-order valence-corrected chi connectivity index (χ4v) is 0.843. The Morgan fingerprint density at radius 2 is 2.33 bits per heavy atom. The number of nitrogens with zero attached hydrogens (tertiary/aromatic N) is 1. The zero-order chi connectivity index (χ0) is 8.27. The number of aliphatic carboxylic acids is 1. The van der Waals surface area contributed by atoms with Crippen molar-refractivity contribution in [2.45, 2.75) is 13.3 Å². The van der Waals surface area contributed by atoms with E-state index in [0.717, 1.165) is 5.56 Å². The van der Waals surface area contributed by atoms with Gasteiger partial charge in [0.25, 0.3) is 0 Å². The molecule has 4 heteroatoms. The van der Waals surface area contributed by atoms with Crippen LogP contribution in [0.4, 0.5) is 0 Å². The minimum absolute atomic E-state index is 0. The summed E-state index contributed by atoms with van der Waals surface area (Å²) >= 11 is 0. The van der Waals surface area contributed by atoms with Crippen LogP contribution >= 0.6 is 0 Å². The quantitative estimate of drug-likeness (QED) is 0.440. The predicted octanol–water partition coefficient (Wildman–Crippen LogP) is -3.31. The first-order chi connectivity index (χ1) is 5.18. The van der Waals surface area contributed by atoms with E-state index in [2.05, 4.69) is 4.98 Å². The second-order valence-electron chi connectivity index (χ2n) is 2.37. The maximum absolute atomic E-state index is 10.1. The maximum Gasteiger partial charge on any atom is 1.00 e. The Bertz CT molecular complexity index is 276. The normalized spacial score (nSPS) is 8.75. The van der Waals surface area contributed by atoms with Crippen LogP contribution in [0.25, 0.3) is 0 Å². The summed E-state index contributed by atoms with van der Waals surface area (Å²) in [5.74, 6) is -1.09. The van der Waals surface area contributed by atoms with Gasteiger partial charge in [0.2, 0.25) is 0 Å². The van der Waals surface area contributed by atoms with E-state index in [1.54, 1.807) is 12.3 Å². The number of rotatable bonds is 2. The molecule has 0 spiro atoms. The van der Waals surface area contributed by atoms with Gasteiger partial charge in [0.05, 0.1) is 0 Å². The van der Waals surface area contributed by atoms with Crippen LogP contribution < -0.4 is 34.7 Å². The Hall–Kier alpha value is -0.380. The van der Waals surface area contributed by atoms with Crippen LogP contribution in [0, 0.1) is 6.92 Å². The van der Waals surface area contributed by atoms with Crippen LogP contribution in [-0.2, 0) is 11.2 Å². The Morgan fingerprint density at radius 3 is 2.83 bits per heavy atom. The molecule has 1 rings (SSSR count). The molecule has 0 radical (unpaired) electrons. The molecule has 0 saturated heterocycles. The Labute approximate surface area is 93.1 Å². The monoisotopic (exact) mass is 173 g/mol. The van der Waals surface area contributed by atoms with Crippen molar-refractivity contribution in [1.82, 2.24) is 4.98 Å². The molecule has 1 heterocycles. The summed E-state index contributed by atoms with van der Waals surface area (Å²) < 4.78 is 0. The molecule has 0 aliphatic heterocycles. The van der Waals surface area contributed by atoms with Crippen molar-refractivity contribution in [1.29, 1.82) is 0 Å². The maximum atomic E-state index is 10.1. The topological polar surface area (TPSA) is 53.0 Å². The average Bonchev–Trinajstić information content (AvgIpc) is 1.85. The van der Waals surface area contributed by atoms with Gasteiger partial charge in [-0.25, -0.2) is 0 Å². The molecule has 12 heavy (non-hydrogen) atoms. The van der Waals surface area contributed by atoms with Crippen LogP contribution in [0.3, 0.4) is 0 Å². The van der Waals surface area contributed by atoms with Crippen LogP contribution in [-0.4, -0.2) is 11.0 Å². The fourth-order valence-electron chi connectivity index (χ4n) is 0.843. The Morgan fingerprint density at radius 1 is 1.67 bits per heavy atom. The molecule has 0 aromatic carbocycles. The van der Waals surface area contributed by atoms with E-state index in [9.17, 15) is 9.90 Å². The molecular formula is C8H8NNaO2. The largest absolute Gasteiger partial charge is 1.00 e. The van der Waals surface area contributed by atoms with E-state index in [-0.39, 0.29) is 36.0 Å². The van der Waals surface area contributed by atoms with Crippen molar-refractivity contribution < 1.29 is 39.5 Å². The third kappa shape index (κ3) is 3.85. The Kier molecular flexibility index (Phi) is 5.13. The van der Waals surface area contributed by atoms with Crippen LogP contribution in [0.15, 0.2) is 18.3 Å². The molecular weight excluding hydrogens is 165 g/mol. The van der Waals surface area contributed by atoms with E-state index in [0.29, 0.717) is 5.69 Å². The molecule has 1 aromatic rings. The minimum atomic E-state index is -1.09. The van der Waals surface area contributed by atoms with Crippen molar-refractivity contribution >= 4 is 5.97 Å². The summed E-state index contributed by atoms with van der Waals surface area (Å²) in [5.41, 5.74) is 1.56. The van der Waals surface area contributed by atoms with Gasteiger partial charge < -0.3 is 9.90 Å². The zero-order valence-corrected chi connectivity index (χ0v) is 9.20. The van der Waals surface area contributed by atoms with Gasteiger partial charge in [-0.3, -0.25) is 4.98 Å². The van der Waals surface area contributed by atoms with Gasteiger partial charge in [-0.2, -0.15) is 0 Å². The summed E-state index contributed by atoms with van der Waals surface area (Å²) in [6.45, 7) is 1.89. The number of hydrogen-bond acceptors (Lipinski definition) is 3. The molecule has 0 N–H and O–H groups in total. The van der Waals surface area contributed by atoms with E-state index >= 15 is 0 Å². The third-order valence-corrected chi connectivity index (χ3v) is 1.30. The first-order valence-corrected chi connectivity index (χ1v) is 3.30. The molecule has 0 aliphatic rings. The number of carbonyl (C=O) groups is 1. The van der Waals surface area contributed by atoms with Gasteiger partial charge in [-0.05, 0) is 24.6 Å².